The molecule has 1 saturated carbocycles. The molecule has 3 atom stereocenters. The van der Waals surface area contributed by atoms with Gasteiger partial charge in [0.2, 0.25) is 5.91 Å². The Morgan fingerprint density at radius 1 is 1.50 bits per heavy atom. The molecule has 0 bridgehead atoms. The summed E-state index contributed by atoms with van der Waals surface area (Å²) in [6.45, 7) is 6.10. The van der Waals surface area contributed by atoms with E-state index in [1.54, 1.807) is 7.11 Å². The van der Waals surface area contributed by atoms with Crippen molar-refractivity contribution in [3.8, 4) is 0 Å². The van der Waals surface area contributed by atoms with E-state index in [9.17, 15) is 4.79 Å². The smallest absolute Gasteiger partial charge is 0.223 e. The first kappa shape index (κ1) is 15.4. The molecule has 0 aromatic heterocycles. The van der Waals surface area contributed by atoms with Crippen molar-refractivity contribution < 1.29 is 9.53 Å². The van der Waals surface area contributed by atoms with Crippen LogP contribution in [0.3, 0.4) is 0 Å². The minimum atomic E-state index is -0.199. The van der Waals surface area contributed by atoms with Crippen molar-refractivity contribution in [2.45, 2.75) is 70.6 Å². The molecule has 0 radical (unpaired) electrons. The first-order chi connectivity index (χ1) is 8.34. The highest BCUT2D eigenvalue weighted by Gasteiger charge is 2.27. The molecule has 4 nitrogen and oxygen atoms in total. The summed E-state index contributed by atoms with van der Waals surface area (Å²) in [5.41, 5.74) is 5.72. The van der Waals surface area contributed by atoms with E-state index in [0.29, 0.717) is 0 Å². The molecule has 0 aromatic carbocycles. The van der Waals surface area contributed by atoms with Crippen molar-refractivity contribution in [2.75, 3.05) is 7.11 Å². The van der Waals surface area contributed by atoms with Crippen molar-refractivity contribution >= 4 is 5.91 Å². The normalized spacial score (nSPS) is 26.7. The molecule has 3 unspecified atom stereocenters. The van der Waals surface area contributed by atoms with Crippen molar-refractivity contribution in [1.29, 1.82) is 0 Å². The van der Waals surface area contributed by atoms with Gasteiger partial charge in [0.25, 0.3) is 0 Å². The van der Waals surface area contributed by atoms with Crippen LogP contribution in [0.1, 0.15) is 52.9 Å². The lowest BCUT2D eigenvalue weighted by Crippen LogP contribution is -2.43. The molecule has 0 saturated heterocycles. The molecule has 106 valence electrons. The van der Waals surface area contributed by atoms with Crippen LogP contribution in [0.2, 0.25) is 0 Å². The number of ether oxygens (including phenoxy) is 1. The number of carbonyl (C=O) groups is 1. The maximum absolute atomic E-state index is 12.1. The van der Waals surface area contributed by atoms with Crippen LogP contribution >= 0.6 is 0 Å². The van der Waals surface area contributed by atoms with Crippen LogP contribution in [0, 0.1) is 5.92 Å². The van der Waals surface area contributed by atoms with Gasteiger partial charge in [-0.05, 0) is 46.5 Å². The van der Waals surface area contributed by atoms with Crippen LogP contribution in [0.15, 0.2) is 0 Å². The van der Waals surface area contributed by atoms with E-state index in [4.69, 9.17) is 10.5 Å². The first-order valence-electron chi connectivity index (χ1n) is 6.95. The molecule has 0 aromatic rings. The van der Waals surface area contributed by atoms with Gasteiger partial charge < -0.3 is 15.8 Å². The molecule has 1 amide bonds. The molecule has 0 aliphatic heterocycles. The fourth-order valence-corrected chi connectivity index (χ4v) is 2.70. The number of nitrogens with one attached hydrogen (secondary N) is 1. The third-order valence-corrected chi connectivity index (χ3v) is 3.82. The summed E-state index contributed by atoms with van der Waals surface area (Å²) in [7, 11) is 1.70. The van der Waals surface area contributed by atoms with Crippen LogP contribution in [0.5, 0.6) is 0 Å². The van der Waals surface area contributed by atoms with Crippen LogP contribution in [0.25, 0.3) is 0 Å². The summed E-state index contributed by atoms with van der Waals surface area (Å²) in [4.78, 5) is 12.1. The van der Waals surface area contributed by atoms with Crippen molar-refractivity contribution in [3.63, 3.8) is 0 Å². The Bertz CT molecular complexity index is 279. The Balaban J connectivity index is 2.39. The second-order valence-corrected chi connectivity index (χ2v) is 6.20. The van der Waals surface area contributed by atoms with Crippen molar-refractivity contribution in [2.24, 2.45) is 11.7 Å². The van der Waals surface area contributed by atoms with E-state index in [1.165, 1.54) is 0 Å². The van der Waals surface area contributed by atoms with Crippen LogP contribution in [-0.2, 0) is 9.53 Å². The van der Waals surface area contributed by atoms with Gasteiger partial charge in [0.15, 0.2) is 0 Å². The van der Waals surface area contributed by atoms with Gasteiger partial charge in [-0.2, -0.15) is 0 Å². The molecule has 1 aliphatic rings. The van der Waals surface area contributed by atoms with E-state index in [2.05, 4.69) is 5.32 Å². The van der Waals surface area contributed by atoms with Crippen LogP contribution < -0.4 is 11.1 Å². The SMILES string of the molecule is COC(C)(C)CC(C)NC(=O)C1CCCC(N)C1. The van der Waals surface area contributed by atoms with Gasteiger partial charge in [-0.15, -0.1) is 0 Å². The quantitative estimate of drug-likeness (QED) is 0.788. The Morgan fingerprint density at radius 2 is 2.17 bits per heavy atom. The average Bonchev–Trinajstić information content (AvgIpc) is 2.28. The van der Waals surface area contributed by atoms with E-state index in [0.717, 1.165) is 32.1 Å². The van der Waals surface area contributed by atoms with Gasteiger partial charge in [-0.3, -0.25) is 4.79 Å². The van der Waals surface area contributed by atoms with Gasteiger partial charge in [0, 0.05) is 25.1 Å². The van der Waals surface area contributed by atoms with Crippen LogP contribution in [-0.4, -0.2) is 30.7 Å². The molecule has 1 rings (SSSR count). The number of carbonyl (C=O) groups excluding carboxylic acids is 1. The molecule has 1 fully saturated rings. The summed E-state index contributed by atoms with van der Waals surface area (Å²) >= 11 is 0. The van der Waals surface area contributed by atoms with E-state index < -0.39 is 0 Å². The monoisotopic (exact) mass is 256 g/mol. The van der Waals surface area contributed by atoms with Crippen molar-refractivity contribution in [3.05, 3.63) is 0 Å². The summed E-state index contributed by atoms with van der Waals surface area (Å²) in [6.07, 6.45) is 4.73. The molecule has 0 spiro atoms. The predicted molar refractivity (Wildman–Crippen MR) is 73.2 cm³/mol. The summed E-state index contributed by atoms with van der Waals surface area (Å²) in [5, 5.41) is 3.09. The second-order valence-electron chi connectivity index (χ2n) is 6.20. The number of methoxy groups -OCH3 is 1. The molecular weight excluding hydrogens is 228 g/mol. The summed E-state index contributed by atoms with van der Waals surface area (Å²) < 4.78 is 5.38. The second kappa shape index (κ2) is 6.53. The third kappa shape index (κ3) is 4.94. The zero-order valence-corrected chi connectivity index (χ0v) is 12.2. The zero-order chi connectivity index (χ0) is 13.8. The van der Waals surface area contributed by atoms with Gasteiger partial charge in [-0.1, -0.05) is 6.42 Å². The standard InChI is InChI=1S/C14H28N2O2/c1-10(9-14(2,3)18-4)16-13(17)11-6-5-7-12(15)8-11/h10-12H,5-9,15H2,1-4H3,(H,16,17). The Labute approximate surface area is 111 Å². The van der Waals surface area contributed by atoms with E-state index >= 15 is 0 Å². The van der Waals surface area contributed by atoms with Gasteiger partial charge in [-0.25, -0.2) is 0 Å². The first-order valence-corrected chi connectivity index (χ1v) is 6.95. The number of hydrogen-bond donors (Lipinski definition) is 2. The van der Waals surface area contributed by atoms with Gasteiger partial charge in [0.1, 0.15) is 0 Å². The van der Waals surface area contributed by atoms with E-state index in [-0.39, 0.29) is 29.5 Å². The number of rotatable bonds is 5. The number of amides is 1. The van der Waals surface area contributed by atoms with E-state index in [1.807, 2.05) is 20.8 Å². The molecular formula is C14H28N2O2. The predicted octanol–water partition coefficient (Wildman–Crippen LogP) is 1.82. The molecule has 0 heterocycles. The largest absolute Gasteiger partial charge is 0.379 e. The van der Waals surface area contributed by atoms with Gasteiger partial charge in [0.05, 0.1) is 5.60 Å². The minimum Gasteiger partial charge on any atom is -0.379 e. The zero-order valence-electron chi connectivity index (χ0n) is 12.2. The Kier molecular flexibility index (Phi) is 5.60. The highest BCUT2D eigenvalue weighted by molar-refractivity contribution is 5.79. The lowest BCUT2D eigenvalue weighted by molar-refractivity contribution is -0.127. The summed E-state index contributed by atoms with van der Waals surface area (Å²) in [5.74, 6) is 0.256. The minimum absolute atomic E-state index is 0.0989. The summed E-state index contributed by atoms with van der Waals surface area (Å²) in [6, 6.07) is 0.325. The maximum atomic E-state index is 12.1. The highest BCUT2D eigenvalue weighted by Crippen LogP contribution is 2.24. The van der Waals surface area contributed by atoms with Crippen molar-refractivity contribution in [1.82, 2.24) is 5.32 Å². The molecule has 4 heteroatoms. The topological polar surface area (TPSA) is 64.3 Å². The number of nitrogens with two attached hydrogens (primary N) is 1. The van der Waals surface area contributed by atoms with Gasteiger partial charge >= 0.3 is 0 Å². The fourth-order valence-electron chi connectivity index (χ4n) is 2.70. The Morgan fingerprint density at radius 3 is 2.72 bits per heavy atom. The highest BCUT2D eigenvalue weighted by atomic mass is 16.5. The molecule has 1 aliphatic carbocycles. The lowest BCUT2D eigenvalue weighted by atomic mass is 9.85. The molecule has 3 N–H and O–H groups in total. The number of hydrogen-bond acceptors (Lipinski definition) is 3. The molecule has 18 heavy (non-hydrogen) atoms. The maximum Gasteiger partial charge on any atom is 0.223 e. The lowest BCUT2D eigenvalue weighted by Gasteiger charge is -2.30. The Hall–Kier alpha value is -0.610. The van der Waals surface area contributed by atoms with Crippen LogP contribution in [0.4, 0.5) is 0 Å². The third-order valence-electron chi connectivity index (χ3n) is 3.82. The fraction of sp³-hybridized carbons (Fsp3) is 0.929. The average molecular weight is 256 g/mol.